The molecule has 0 aromatic carbocycles. The zero-order chi connectivity index (χ0) is 12.3. The molecule has 4 heteroatoms. The number of hydrogen-bond acceptors (Lipinski definition) is 2. The van der Waals surface area contributed by atoms with Crippen LogP contribution in [0.3, 0.4) is 0 Å². The van der Waals surface area contributed by atoms with Gasteiger partial charge in [0, 0.05) is 32.2 Å². The van der Waals surface area contributed by atoms with E-state index in [9.17, 15) is 0 Å². The van der Waals surface area contributed by atoms with Gasteiger partial charge in [-0.2, -0.15) is 0 Å². The van der Waals surface area contributed by atoms with E-state index in [0.29, 0.717) is 12.0 Å². The molecule has 0 aliphatic carbocycles. The molecule has 17 heavy (non-hydrogen) atoms. The van der Waals surface area contributed by atoms with Gasteiger partial charge in [-0.3, -0.25) is 9.89 Å². The molecule has 2 rings (SSSR count). The second-order valence-corrected chi connectivity index (χ2v) is 5.72. The number of nitrogens with two attached hydrogens (primary N) is 1. The third kappa shape index (κ3) is 3.35. The highest BCUT2D eigenvalue weighted by Crippen LogP contribution is 2.21. The standard InChI is InChI=1S/C13H26N4/c1-11(2)9-15-13(14)17-8-4-7-16-6-3-5-12(16)10-17/h11-12H,3-10H2,1-2H3,(H2,14,15). The summed E-state index contributed by atoms with van der Waals surface area (Å²) in [5, 5.41) is 0. The minimum Gasteiger partial charge on any atom is -0.370 e. The van der Waals surface area contributed by atoms with Gasteiger partial charge in [0.1, 0.15) is 0 Å². The average Bonchev–Trinajstić information content (AvgIpc) is 2.63. The van der Waals surface area contributed by atoms with Crippen LogP contribution in [0.25, 0.3) is 0 Å². The van der Waals surface area contributed by atoms with Crippen LogP contribution in [0.4, 0.5) is 0 Å². The molecule has 1 unspecified atom stereocenters. The van der Waals surface area contributed by atoms with E-state index < -0.39 is 0 Å². The summed E-state index contributed by atoms with van der Waals surface area (Å²) >= 11 is 0. The van der Waals surface area contributed by atoms with Crippen LogP contribution in [0.1, 0.15) is 33.1 Å². The van der Waals surface area contributed by atoms with Crippen molar-refractivity contribution in [3.05, 3.63) is 0 Å². The molecule has 0 aromatic rings. The zero-order valence-electron chi connectivity index (χ0n) is 11.2. The summed E-state index contributed by atoms with van der Waals surface area (Å²) in [7, 11) is 0. The fraction of sp³-hybridized carbons (Fsp3) is 0.923. The maximum atomic E-state index is 6.11. The van der Waals surface area contributed by atoms with Gasteiger partial charge >= 0.3 is 0 Å². The number of rotatable bonds is 2. The quantitative estimate of drug-likeness (QED) is 0.579. The van der Waals surface area contributed by atoms with E-state index in [1.54, 1.807) is 0 Å². The summed E-state index contributed by atoms with van der Waals surface area (Å²) < 4.78 is 0. The van der Waals surface area contributed by atoms with Crippen molar-refractivity contribution in [1.29, 1.82) is 0 Å². The molecule has 2 fully saturated rings. The molecule has 0 amide bonds. The summed E-state index contributed by atoms with van der Waals surface area (Å²) in [4.78, 5) is 9.42. The average molecular weight is 238 g/mol. The maximum Gasteiger partial charge on any atom is 0.191 e. The first-order chi connectivity index (χ1) is 8.16. The molecule has 2 heterocycles. The molecule has 2 aliphatic rings. The first-order valence-electron chi connectivity index (χ1n) is 6.95. The van der Waals surface area contributed by atoms with Crippen LogP contribution in [-0.2, 0) is 0 Å². The lowest BCUT2D eigenvalue weighted by molar-refractivity contribution is 0.255. The smallest absolute Gasteiger partial charge is 0.191 e. The highest BCUT2D eigenvalue weighted by Gasteiger charge is 2.29. The molecule has 2 N–H and O–H groups in total. The van der Waals surface area contributed by atoms with E-state index in [-0.39, 0.29) is 0 Å². The van der Waals surface area contributed by atoms with Crippen molar-refractivity contribution in [2.75, 3.05) is 32.7 Å². The van der Waals surface area contributed by atoms with Gasteiger partial charge in [0.25, 0.3) is 0 Å². The first kappa shape index (κ1) is 12.7. The largest absolute Gasteiger partial charge is 0.370 e. The normalized spacial score (nSPS) is 27.4. The molecule has 4 nitrogen and oxygen atoms in total. The van der Waals surface area contributed by atoms with E-state index in [0.717, 1.165) is 25.6 Å². The summed E-state index contributed by atoms with van der Waals surface area (Å²) in [6.07, 6.45) is 3.89. The second kappa shape index (κ2) is 5.71. The van der Waals surface area contributed by atoms with Crippen molar-refractivity contribution < 1.29 is 0 Å². The van der Waals surface area contributed by atoms with Crippen LogP contribution in [0.5, 0.6) is 0 Å². The predicted molar refractivity (Wildman–Crippen MR) is 72.1 cm³/mol. The number of guanidine groups is 1. The molecular weight excluding hydrogens is 212 g/mol. The Bertz CT molecular complexity index is 275. The van der Waals surface area contributed by atoms with Crippen molar-refractivity contribution in [3.63, 3.8) is 0 Å². The fourth-order valence-electron chi connectivity index (χ4n) is 2.79. The van der Waals surface area contributed by atoms with Gasteiger partial charge in [-0.15, -0.1) is 0 Å². The van der Waals surface area contributed by atoms with Crippen LogP contribution in [0.2, 0.25) is 0 Å². The molecule has 0 saturated carbocycles. The fourth-order valence-corrected chi connectivity index (χ4v) is 2.79. The Labute approximate surface area is 105 Å². The van der Waals surface area contributed by atoms with Crippen molar-refractivity contribution in [1.82, 2.24) is 9.80 Å². The van der Waals surface area contributed by atoms with Crippen LogP contribution >= 0.6 is 0 Å². The van der Waals surface area contributed by atoms with Gasteiger partial charge in [0.05, 0.1) is 0 Å². The highest BCUT2D eigenvalue weighted by atomic mass is 15.3. The van der Waals surface area contributed by atoms with Crippen molar-refractivity contribution >= 4 is 5.96 Å². The Morgan fingerprint density at radius 2 is 2.06 bits per heavy atom. The van der Waals surface area contributed by atoms with Crippen LogP contribution in [-0.4, -0.2) is 54.5 Å². The molecule has 0 aromatic heterocycles. The molecule has 2 aliphatic heterocycles. The summed E-state index contributed by atoms with van der Waals surface area (Å²) in [6.45, 7) is 9.86. The lowest BCUT2D eigenvalue weighted by Gasteiger charge is -2.26. The molecule has 2 saturated heterocycles. The van der Waals surface area contributed by atoms with Gasteiger partial charge in [-0.1, -0.05) is 13.8 Å². The van der Waals surface area contributed by atoms with Crippen molar-refractivity contribution in [2.45, 2.75) is 39.2 Å². The van der Waals surface area contributed by atoms with Crippen LogP contribution in [0.15, 0.2) is 4.99 Å². The second-order valence-electron chi connectivity index (χ2n) is 5.72. The molecule has 98 valence electrons. The van der Waals surface area contributed by atoms with Gasteiger partial charge < -0.3 is 10.6 Å². The molecule has 0 bridgehead atoms. The molecule has 0 radical (unpaired) electrons. The first-order valence-corrected chi connectivity index (χ1v) is 6.95. The molecular formula is C13H26N4. The number of hydrogen-bond donors (Lipinski definition) is 1. The summed E-state index contributed by atoms with van der Waals surface area (Å²) in [6, 6.07) is 0.713. The number of nitrogens with zero attached hydrogens (tertiary/aromatic N) is 3. The number of fused-ring (bicyclic) bond motifs is 1. The van der Waals surface area contributed by atoms with Crippen LogP contribution < -0.4 is 5.73 Å². The van der Waals surface area contributed by atoms with Crippen molar-refractivity contribution in [2.24, 2.45) is 16.6 Å². The minimum atomic E-state index is 0.587. The Hall–Kier alpha value is -0.770. The maximum absolute atomic E-state index is 6.11. The monoisotopic (exact) mass is 238 g/mol. The molecule has 1 atom stereocenters. The lowest BCUT2D eigenvalue weighted by Crippen LogP contribution is -2.43. The van der Waals surface area contributed by atoms with E-state index in [1.807, 2.05) is 0 Å². The van der Waals surface area contributed by atoms with Crippen LogP contribution in [0, 0.1) is 5.92 Å². The van der Waals surface area contributed by atoms with E-state index in [1.165, 1.54) is 32.4 Å². The Morgan fingerprint density at radius 1 is 1.29 bits per heavy atom. The third-order valence-corrected chi connectivity index (χ3v) is 3.75. The van der Waals surface area contributed by atoms with E-state index in [2.05, 4.69) is 28.6 Å². The SMILES string of the molecule is CC(C)CN=C(N)N1CCCN2CCCC2C1. The van der Waals surface area contributed by atoms with Gasteiger partial charge in [0.15, 0.2) is 5.96 Å². The summed E-state index contributed by atoms with van der Waals surface area (Å²) in [5.74, 6) is 1.34. The Morgan fingerprint density at radius 3 is 2.82 bits per heavy atom. The summed E-state index contributed by atoms with van der Waals surface area (Å²) in [5.41, 5.74) is 6.11. The Kier molecular flexibility index (Phi) is 4.26. The third-order valence-electron chi connectivity index (χ3n) is 3.75. The van der Waals surface area contributed by atoms with Gasteiger partial charge in [-0.05, 0) is 31.7 Å². The van der Waals surface area contributed by atoms with Gasteiger partial charge in [-0.25, -0.2) is 0 Å². The zero-order valence-corrected chi connectivity index (χ0v) is 11.2. The Balaban J connectivity index is 1.93. The topological polar surface area (TPSA) is 44.9 Å². The van der Waals surface area contributed by atoms with Gasteiger partial charge in [0.2, 0.25) is 0 Å². The number of aliphatic imine (C=N–C) groups is 1. The van der Waals surface area contributed by atoms with E-state index >= 15 is 0 Å². The van der Waals surface area contributed by atoms with E-state index in [4.69, 9.17) is 5.73 Å². The highest BCUT2D eigenvalue weighted by molar-refractivity contribution is 5.78. The molecule has 0 spiro atoms. The lowest BCUT2D eigenvalue weighted by atomic mass is 10.2. The van der Waals surface area contributed by atoms with Crippen molar-refractivity contribution in [3.8, 4) is 0 Å². The predicted octanol–water partition coefficient (Wildman–Crippen LogP) is 1.13. The minimum absolute atomic E-state index is 0.587.